The highest BCUT2D eigenvalue weighted by atomic mass is 16.7. The first-order chi connectivity index (χ1) is 11.2. The molecule has 0 radical (unpaired) electrons. The fourth-order valence-corrected chi connectivity index (χ4v) is 2.34. The second-order valence-electron chi connectivity index (χ2n) is 5.26. The average molecular weight is 313 g/mol. The first-order valence-corrected chi connectivity index (χ1v) is 7.58. The number of carbonyl (C=O) groups excluding carboxylic acids is 1. The molecule has 0 unspecified atom stereocenters. The van der Waals surface area contributed by atoms with Gasteiger partial charge in [0.2, 0.25) is 12.7 Å². The summed E-state index contributed by atoms with van der Waals surface area (Å²) in [4.78, 5) is 13.9. The highest BCUT2D eigenvalue weighted by molar-refractivity contribution is 5.93. The third-order valence-corrected chi connectivity index (χ3v) is 3.66. The van der Waals surface area contributed by atoms with E-state index in [0.717, 1.165) is 11.4 Å². The molecule has 1 aliphatic rings. The van der Waals surface area contributed by atoms with Crippen LogP contribution in [0.15, 0.2) is 48.5 Å². The Morgan fingerprint density at radius 3 is 2.74 bits per heavy atom. The van der Waals surface area contributed by atoms with E-state index in [4.69, 9.17) is 14.2 Å². The summed E-state index contributed by atoms with van der Waals surface area (Å²) < 4.78 is 16.2. The minimum atomic E-state index is 0.0422. The second kappa shape index (κ2) is 7.05. The maximum absolute atomic E-state index is 12.3. The zero-order valence-corrected chi connectivity index (χ0v) is 13.0. The number of carbonyl (C=O) groups is 1. The summed E-state index contributed by atoms with van der Waals surface area (Å²) in [5, 5.41) is 0. The summed E-state index contributed by atoms with van der Waals surface area (Å²) in [7, 11) is 1.76. The third kappa shape index (κ3) is 3.74. The standard InChI is InChI=1S/C18H19NO4/c1-19(14-9-10-16-17(12-14)23-13-22-16)18(20)8-5-11-21-15-6-3-2-4-7-15/h2-4,6-7,9-10,12H,5,8,11,13H2,1H3. The van der Waals surface area contributed by atoms with Crippen LogP contribution >= 0.6 is 0 Å². The Balaban J connectivity index is 1.48. The molecule has 1 aliphatic heterocycles. The van der Waals surface area contributed by atoms with Gasteiger partial charge in [0.15, 0.2) is 11.5 Å². The minimum Gasteiger partial charge on any atom is -0.494 e. The monoisotopic (exact) mass is 313 g/mol. The average Bonchev–Trinajstić information content (AvgIpc) is 3.06. The highest BCUT2D eigenvalue weighted by Crippen LogP contribution is 2.35. The summed E-state index contributed by atoms with van der Waals surface area (Å²) in [6.07, 6.45) is 1.10. The van der Waals surface area contributed by atoms with E-state index in [-0.39, 0.29) is 12.7 Å². The molecule has 0 saturated carbocycles. The van der Waals surface area contributed by atoms with Crippen molar-refractivity contribution < 1.29 is 19.0 Å². The molecule has 0 saturated heterocycles. The summed E-state index contributed by atoms with van der Waals surface area (Å²) in [6, 6.07) is 15.1. The predicted octanol–water partition coefficient (Wildman–Crippen LogP) is 3.24. The molecule has 120 valence electrons. The van der Waals surface area contributed by atoms with Gasteiger partial charge in [-0.3, -0.25) is 4.79 Å². The van der Waals surface area contributed by atoms with Crippen LogP contribution in [0, 0.1) is 0 Å². The van der Waals surface area contributed by atoms with E-state index in [2.05, 4.69) is 0 Å². The number of hydrogen-bond donors (Lipinski definition) is 0. The lowest BCUT2D eigenvalue weighted by Gasteiger charge is -2.17. The van der Waals surface area contributed by atoms with Crippen LogP contribution in [0.25, 0.3) is 0 Å². The third-order valence-electron chi connectivity index (χ3n) is 3.66. The second-order valence-corrected chi connectivity index (χ2v) is 5.26. The lowest BCUT2D eigenvalue weighted by molar-refractivity contribution is -0.118. The van der Waals surface area contributed by atoms with Gasteiger partial charge in [0, 0.05) is 25.2 Å². The number of benzene rings is 2. The number of amides is 1. The normalized spacial score (nSPS) is 12.0. The molecule has 0 fully saturated rings. The van der Waals surface area contributed by atoms with Crippen molar-refractivity contribution in [2.75, 3.05) is 25.3 Å². The van der Waals surface area contributed by atoms with Crippen LogP contribution in [0.4, 0.5) is 5.69 Å². The van der Waals surface area contributed by atoms with Gasteiger partial charge in [-0.2, -0.15) is 0 Å². The molecular weight excluding hydrogens is 294 g/mol. The molecule has 1 amide bonds. The van der Waals surface area contributed by atoms with Gasteiger partial charge < -0.3 is 19.1 Å². The maximum Gasteiger partial charge on any atom is 0.231 e. The summed E-state index contributed by atoms with van der Waals surface area (Å²) in [5.41, 5.74) is 0.795. The fourth-order valence-electron chi connectivity index (χ4n) is 2.34. The quantitative estimate of drug-likeness (QED) is 0.768. The zero-order chi connectivity index (χ0) is 16.1. The number of fused-ring (bicyclic) bond motifs is 1. The van der Waals surface area contributed by atoms with Crippen molar-refractivity contribution >= 4 is 11.6 Å². The van der Waals surface area contributed by atoms with E-state index in [1.807, 2.05) is 48.5 Å². The van der Waals surface area contributed by atoms with E-state index >= 15 is 0 Å². The Morgan fingerprint density at radius 2 is 1.91 bits per heavy atom. The Bertz CT molecular complexity index is 672. The van der Waals surface area contributed by atoms with Crippen molar-refractivity contribution in [1.82, 2.24) is 0 Å². The van der Waals surface area contributed by atoms with Crippen LogP contribution in [-0.4, -0.2) is 26.4 Å². The van der Waals surface area contributed by atoms with Crippen LogP contribution in [0.3, 0.4) is 0 Å². The molecule has 0 atom stereocenters. The molecule has 2 aromatic carbocycles. The van der Waals surface area contributed by atoms with Gasteiger partial charge in [0.25, 0.3) is 0 Å². The SMILES string of the molecule is CN(C(=O)CCCOc1ccccc1)c1ccc2c(c1)OCO2. The molecule has 23 heavy (non-hydrogen) atoms. The fraction of sp³-hybridized carbons (Fsp3) is 0.278. The van der Waals surface area contributed by atoms with Gasteiger partial charge in [-0.05, 0) is 30.7 Å². The van der Waals surface area contributed by atoms with Gasteiger partial charge in [-0.1, -0.05) is 18.2 Å². The predicted molar refractivity (Wildman–Crippen MR) is 87.1 cm³/mol. The van der Waals surface area contributed by atoms with Gasteiger partial charge in [-0.25, -0.2) is 0 Å². The molecule has 5 nitrogen and oxygen atoms in total. The minimum absolute atomic E-state index is 0.0422. The van der Waals surface area contributed by atoms with E-state index in [1.165, 1.54) is 0 Å². The summed E-state index contributed by atoms with van der Waals surface area (Å²) >= 11 is 0. The smallest absolute Gasteiger partial charge is 0.231 e. The van der Waals surface area contributed by atoms with Gasteiger partial charge >= 0.3 is 0 Å². The number of ether oxygens (including phenoxy) is 3. The molecule has 3 rings (SSSR count). The Morgan fingerprint density at radius 1 is 1.13 bits per heavy atom. The number of nitrogens with zero attached hydrogens (tertiary/aromatic N) is 1. The van der Waals surface area contributed by atoms with Crippen LogP contribution in [0.5, 0.6) is 17.2 Å². The maximum atomic E-state index is 12.3. The Labute approximate surface area is 135 Å². The van der Waals surface area contributed by atoms with Crippen molar-refractivity contribution in [2.24, 2.45) is 0 Å². The van der Waals surface area contributed by atoms with E-state index in [1.54, 1.807) is 11.9 Å². The molecule has 0 N–H and O–H groups in total. The molecular formula is C18H19NO4. The van der Waals surface area contributed by atoms with Gasteiger partial charge in [0.1, 0.15) is 5.75 Å². The zero-order valence-electron chi connectivity index (χ0n) is 13.0. The highest BCUT2D eigenvalue weighted by Gasteiger charge is 2.17. The molecule has 1 heterocycles. The summed E-state index contributed by atoms with van der Waals surface area (Å²) in [5.74, 6) is 2.25. The van der Waals surface area contributed by atoms with Crippen molar-refractivity contribution in [2.45, 2.75) is 12.8 Å². The van der Waals surface area contributed by atoms with E-state index < -0.39 is 0 Å². The Hall–Kier alpha value is -2.69. The lowest BCUT2D eigenvalue weighted by Crippen LogP contribution is -2.26. The summed E-state index contributed by atoms with van der Waals surface area (Å²) in [6.45, 7) is 0.748. The van der Waals surface area contributed by atoms with Crippen LogP contribution < -0.4 is 19.1 Å². The van der Waals surface area contributed by atoms with E-state index in [0.29, 0.717) is 30.9 Å². The number of hydrogen-bond acceptors (Lipinski definition) is 4. The van der Waals surface area contributed by atoms with E-state index in [9.17, 15) is 4.79 Å². The topological polar surface area (TPSA) is 48.0 Å². The molecule has 0 bridgehead atoms. The lowest BCUT2D eigenvalue weighted by atomic mass is 10.2. The first kappa shape index (κ1) is 15.2. The molecule has 5 heteroatoms. The Kier molecular flexibility index (Phi) is 4.66. The molecule has 0 aliphatic carbocycles. The van der Waals surface area contributed by atoms with Gasteiger partial charge in [0.05, 0.1) is 6.61 Å². The van der Waals surface area contributed by atoms with Crippen LogP contribution in [0.1, 0.15) is 12.8 Å². The molecule has 2 aromatic rings. The van der Waals surface area contributed by atoms with Crippen molar-refractivity contribution in [3.05, 3.63) is 48.5 Å². The number of anilines is 1. The molecule has 0 aromatic heterocycles. The van der Waals surface area contributed by atoms with Crippen LogP contribution in [0.2, 0.25) is 0 Å². The molecule has 0 spiro atoms. The van der Waals surface area contributed by atoms with Crippen molar-refractivity contribution in [1.29, 1.82) is 0 Å². The van der Waals surface area contributed by atoms with Crippen LogP contribution in [-0.2, 0) is 4.79 Å². The number of rotatable bonds is 6. The van der Waals surface area contributed by atoms with Gasteiger partial charge in [-0.15, -0.1) is 0 Å². The van der Waals surface area contributed by atoms with Crippen molar-refractivity contribution in [3.63, 3.8) is 0 Å². The number of para-hydroxylation sites is 1. The van der Waals surface area contributed by atoms with Crippen molar-refractivity contribution in [3.8, 4) is 17.2 Å². The largest absolute Gasteiger partial charge is 0.494 e. The first-order valence-electron chi connectivity index (χ1n) is 7.58.